The third-order valence-electron chi connectivity index (χ3n) is 3.34. The number of nitrogens with two attached hydrogens (primary N) is 1. The van der Waals surface area contributed by atoms with Crippen molar-refractivity contribution in [1.82, 2.24) is 9.78 Å². The summed E-state index contributed by atoms with van der Waals surface area (Å²) < 4.78 is 7.82. The summed E-state index contributed by atoms with van der Waals surface area (Å²) in [4.78, 5) is 0. The lowest BCUT2D eigenvalue weighted by molar-refractivity contribution is 0.482. The maximum Gasteiger partial charge on any atom is 0.138 e. The molecule has 0 aromatic carbocycles. The first kappa shape index (κ1) is 10.6. The summed E-state index contributed by atoms with van der Waals surface area (Å²) in [5.41, 5.74) is 9.15. The Kier molecular flexibility index (Phi) is 2.52. The number of fused-ring (bicyclic) bond motifs is 1. The van der Waals surface area contributed by atoms with Crippen LogP contribution in [0.4, 0.5) is 0 Å². The second-order valence-corrected chi connectivity index (χ2v) is 4.56. The summed E-state index contributed by atoms with van der Waals surface area (Å²) in [7, 11) is 0. The van der Waals surface area contributed by atoms with Crippen LogP contribution in [0.1, 0.15) is 30.0 Å². The smallest absolute Gasteiger partial charge is 0.138 e. The van der Waals surface area contributed by atoms with Crippen LogP contribution in [0, 0.1) is 6.92 Å². The van der Waals surface area contributed by atoms with Crippen molar-refractivity contribution >= 4 is 0 Å². The van der Waals surface area contributed by atoms with Gasteiger partial charge >= 0.3 is 0 Å². The van der Waals surface area contributed by atoms with Gasteiger partial charge in [-0.25, -0.2) is 0 Å². The van der Waals surface area contributed by atoms with E-state index in [1.807, 2.05) is 19.1 Å². The molecule has 0 atom stereocenters. The Morgan fingerprint density at radius 2 is 2.29 bits per heavy atom. The average Bonchev–Trinajstić information content (AvgIpc) is 2.91. The molecule has 2 N–H and O–H groups in total. The maximum atomic E-state index is 5.79. The van der Waals surface area contributed by atoms with Gasteiger partial charge in [-0.2, -0.15) is 5.10 Å². The number of rotatable bonds is 2. The Morgan fingerprint density at radius 3 is 3.00 bits per heavy atom. The zero-order valence-electron chi connectivity index (χ0n) is 10.1. The maximum absolute atomic E-state index is 5.79. The Morgan fingerprint density at radius 1 is 1.41 bits per heavy atom. The number of hydrogen-bond acceptors (Lipinski definition) is 3. The van der Waals surface area contributed by atoms with Crippen LogP contribution >= 0.6 is 0 Å². The second kappa shape index (κ2) is 4.04. The summed E-state index contributed by atoms with van der Waals surface area (Å²) in [5, 5.41) is 4.59. The van der Waals surface area contributed by atoms with Gasteiger partial charge in [0.25, 0.3) is 0 Å². The topological polar surface area (TPSA) is 57.0 Å². The molecule has 0 radical (unpaired) electrons. The first-order chi connectivity index (χ1) is 8.29. The molecule has 3 rings (SSSR count). The van der Waals surface area contributed by atoms with E-state index in [4.69, 9.17) is 10.2 Å². The van der Waals surface area contributed by atoms with Gasteiger partial charge in [-0.15, -0.1) is 0 Å². The number of aryl methyl sites for hydroxylation is 2. The van der Waals surface area contributed by atoms with E-state index in [2.05, 4.69) is 9.78 Å². The van der Waals surface area contributed by atoms with Crippen LogP contribution in [0.5, 0.6) is 0 Å². The number of nitrogens with zero attached hydrogens (tertiary/aromatic N) is 2. The van der Waals surface area contributed by atoms with E-state index in [1.54, 1.807) is 0 Å². The first-order valence-corrected chi connectivity index (χ1v) is 6.15. The third-order valence-corrected chi connectivity index (χ3v) is 3.34. The second-order valence-electron chi connectivity index (χ2n) is 4.56. The van der Waals surface area contributed by atoms with E-state index in [0.29, 0.717) is 6.54 Å². The van der Waals surface area contributed by atoms with Gasteiger partial charge in [0, 0.05) is 18.8 Å². The van der Waals surface area contributed by atoms with Gasteiger partial charge in [-0.3, -0.25) is 4.68 Å². The van der Waals surface area contributed by atoms with Crippen molar-refractivity contribution in [3.63, 3.8) is 0 Å². The molecule has 1 aliphatic heterocycles. The summed E-state index contributed by atoms with van der Waals surface area (Å²) >= 11 is 0. The predicted octanol–water partition coefficient (Wildman–Crippen LogP) is 2.25. The fraction of sp³-hybridized carbons (Fsp3) is 0.462. The van der Waals surface area contributed by atoms with Crippen LogP contribution in [-0.2, 0) is 19.5 Å². The minimum absolute atomic E-state index is 0.467. The standard InChI is InChI=1S/C13H17N3O/c1-9-5-6-12(17-9)13-10(8-14)15-16-7-3-2-4-11(13)16/h5-6H,2-4,7-8,14H2,1H3. The number of hydrogen-bond donors (Lipinski definition) is 1. The molecule has 2 aromatic rings. The largest absolute Gasteiger partial charge is 0.461 e. The van der Waals surface area contributed by atoms with Crippen molar-refractivity contribution in [1.29, 1.82) is 0 Å². The highest BCUT2D eigenvalue weighted by molar-refractivity contribution is 5.64. The molecule has 17 heavy (non-hydrogen) atoms. The lowest BCUT2D eigenvalue weighted by atomic mass is 10.0. The molecule has 3 heterocycles. The highest BCUT2D eigenvalue weighted by atomic mass is 16.3. The zero-order chi connectivity index (χ0) is 11.8. The van der Waals surface area contributed by atoms with Gasteiger partial charge in [-0.1, -0.05) is 0 Å². The molecular formula is C13H17N3O. The first-order valence-electron chi connectivity index (χ1n) is 6.15. The Bertz CT molecular complexity index is 539. The Balaban J connectivity index is 2.16. The molecule has 90 valence electrons. The van der Waals surface area contributed by atoms with Crippen LogP contribution in [0.15, 0.2) is 16.5 Å². The molecule has 0 saturated heterocycles. The van der Waals surface area contributed by atoms with Crippen LogP contribution in [-0.4, -0.2) is 9.78 Å². The third kappa shape index (κ3) is 1.69. The minimum atomic E-state index is 0.467. The Labute approximate surface area is 100 Å². The SMILES string of the molecule is Cc1ccc(-c2c(CN)nn3c2CCCC3)o1. The zero-order valence-corrected chi connectivity index (χ0v) is 10.1. The van der Waals surface area contributed by atoms with E-state index < -0.39 is 0 Å². The Hall–Kier alpha value is -1.55. The van der Waals surface area contributed by atoms with Crippen LogP contribution in [0.3, 0.4) is 0 Å². The molecule has 0 saturated carbocycles. The predicted molar refractivity (Wildman–Crippen MR) is 65.5 cm³/mol. The monoisotopic (exact) mass is 231 g/mol. The molecule has 0 fully saturated rings. The molecule has 0 amide bonds. The lowest BCUT2D eigenvalue weighted by Gasteiger charge is -2.13. The molecule has 1 aliphatic rings. The van der Waals surface area contributed by atoms with Gasteiger partial charge in [0.05, 0.1) is 11.3 Å². The quantitative estimate of drug-likeness (QED) is 0.862. The van der Waals surface area contributed by atoms with Crippen molar-refractivity contribution in [3.8, 4) is 11.3 Å². The highest BCUT2D eigenvalue weighted by Gasteiger charge is 2.22. The summed E-state index contributed by atoms with van der Waals surface area (Å²) in [5.74, 6) is 1.84. The van der Waals surface area contributed by atoms with Crippen molar-refractivity contribution in [3.05, 3.63) is 29.3 Å². The molecule has 0 unspecified atom stereocenters. The van der Waals surface area contributed by atoms with Crippen LogP contribution in [0.25, 0.3) is 11.3 Å². The minimum Gasteiger partial charge on any atom is -0.461 e. The summed E-state index contributed by atoms with van der Waals surface area (Å²) in [6.07, 6.45) is 3.50. The summed E-state index contributed by atoms with van der Waals surface area (Å²) in [6, 6.07) is 4.00. The molecule has 0 aliphatic carbocycles. The van der Waals surface area contributed by atoms with Crippen molar-refractivity contribution in [2.75, 3.05) is 0 Å². The van der Waals surface area contributed by atoms with Crippen molar-refractivity contribution < 1.29 is 4.42 Å². The van der Waals surface area contributed by atoms with Gasteiger partial charge in [0.15, 0.2) is 0 Å². The van der Waals surface area contributed by atoms with Crippen molar-refractivity contribution in [2.24, 2.45) is 5.73 Å². The van der Waals surface area contributed by atoms with Crippen LogP contribution < -0.4 is 5.73 Å². The molecule has 4 nitrogen and oxygen atoms in total. The number of furan rings is 1. The molecule has 2 aromatic heterocycles. The van der Waals surface area contributed by atoms with E-state index >= 15 is 0 Å². The average molecular weight is 231 g/mol. The summed E-state index contributed by atoms with van der Waals surface area (Å²) in [6.45, 7) is 3.43. The fourth-order valence-electron chi connectivity index (χ4n) is 2.54. The van der Waals surface area contributed by atoms with Crippen LogP contribution in [0.2, 0.25) is 0 Å². The normalized spacial score (nSPS) is 14.9. The van der Waals surface area contributed by atoms with E-state index in [0.717, 1.165) is 35.7 Å². The molecule has 4 heteroatoms. The van der Waals surface area contributed by atoms with Gasteiger partial charge in [0.2, 0.25) is 0 Å². The lowest BCUT2D eigenvalue weighted by Crippen LogP contribution is -2.11. The van der Waals surface area contributed by atoms with Gasteiger partial charge in [-0.05, 0) is 38.3 Å². The van der Waals surface area contributed by atoms with Crippen molar-refractivity contribution in [2.45, 2.75) is 39.3 Å². The van der Waals surface area contributed by atoms with E-state index in [9.17, 15) is 0 Å². The van der Waals surface area contributed by atoms with E-state index in [1.165, 1.54) is 18.5 Å². The van der Waals surface area contributed by atoms with Gasteiger partial charge in [0.1, 0.15) is 11.5 Å². The highest BCUT2D eigenvalue weighted by Crippen LogP contribution is 2.32. The fourth-order valence-corrected chi connectivity index (χ4v) is 2.54. The molecule has 0 bridgehead atoms. The number of aromatic nitrogens is 2. The molecule has 0 spiro atoms. The van der Waals surface area contributed by atoms with Gasteiger partial charge < -0.3 is 10.2 Å². The van der Waals surface area contributed by atoms with E-state index in [-0.39, 0.29) is 0 Å². The molecular weight excluding hydrogens is 214 g/mol.